The van der Waals surface area contributed by atoms with Crippen LogP contribution in [-0.2, 0) is 23.3 Å². The highest BCUT2D eigenvalue weighted by atomic mass is 16.5. The van der Waals surface area contributed by atoms with E-state index < -0.39 is 16.9 Å². The summed E-state index contributed by atoms with van der Waals surface area (Å²) in [4.78, 5) is 30.8. The Morgan fingerprint density at radius 3 is 2.36 bits per heavy atom. The molecule has 3 heterocycles. The second kappa shape index (κ2) is 9.03. The summed E-state index contributed by atoms with van der Waals surface area (Å²) in [5.41, 5.74) is 8.99. The molecule has 7 nitrogen and oxygen atoms in total. The Labute approximate surface area is 226 Å². The van der Waals surface area contributed by atoms with Gasteiger partial charge in [0.15, 0.2) is 5.41 Å². The smallest absolute Gasteiger partial charge is 0.259 e. The van der Waals surface area contributed by atoms with Gasteiger partial charge in [-0.1, -0.05) is 72.8 Å². The number of hydrogen-bond acceptors (Lipinski definition) is 5. The quantitative estimate of drug-likeness (QED) is 0.434. The number of amides is 1. The number of carbonyl (C=O) groups is 1. The van der Waals surface area contributed by atoms with Gasteiger partial charge in [-0.05, 0) is 36.6 Å². The Bertz CT molecular complexity index is 1780. The second-order valence-corrected chi connectivity index (χ2v) is 9.94. The van der Waals surface area contributed by atoms with Crippen molar-refractivity contribution in [3.63, 3.8) is 0 Å². The first-order chi connectivity index (χ1) is 18.9. The fourth-order valence-electron chi connectivity index (χ4n) is 5.80. The number of pyridine rings is 1. The Morgan fingerprint density at radius 2 is 1.62 bits per heavy atom. The van der Waals surface area contributed by atoms with Gasteiger partial charge in [-0.15, -0.1) is 0 Å². The molecule has 0 bridgehead atoms. The van der Waals surface area contributed by atoms with Crippen molar-refractivity contribution < 1.29 is 9.53 Å². The zero-order valence-corrected chi connectivity index (χ0v) is 21.6. The summed E-state index contributed by atoms with van der Waals surface area (Å²) in [5.74, 6) is -0.382. The van der Waals surface area contributed by atoms with Gasteiger partial charge in [0.25, 0.3) is 5.56 Å². The number of aromatic nitrogens is 1. The van der Waals surface area contributed by atoms with Crippen molar-refractivity contribution in [1.29, 1.82) is 5.26 Å². The number of nitrogens with zero attached hydrogens (tertiary/aromatic N) is 3. The molecule has 0 saturated heterocycles. The van der Waals surface area contributed by atoms with Crippen molar-refractivity contribution >= 4 is 11.6 Å². The molecule has 0 radical (unpaired) electrons. The zero-order chi connectivity index (χ0) is 27.3. The van der Waals surface area contributed by atoms with Gasteiger partial charge < -0.3 is 19.9 Å². The van der Waals surface area contributed by atoms with Gasteiger partial charge in [-0.3, -0.25) is 9.59 Å². The summed E-state index contributed by atoms with van der Waals surface area (Å²) in [6, 6.07) is 28.6. The predicted octanol–water partition coefficient (Wildman–Crippen LogP) is 4.43. The molecule has 4 aromatic rings. The molecule has 2 N–H and O–H groups in total. The number of aryl methyl sites for hydroxylation is 2. The first-order valence-corrected chi connectivity index (χ1v) is 12.7. The third-order valence-corrected chi connectivity index (χ3v) is 7.74. The van der Waals surface area contributed by atoms with Crippen LogP contribution >= 0.6 is 0 Å². The molecule has 192 valence electrons. The minimum atomic E-state index is -1.73. The van der Waals surface area contributed by atoms with Crippen LogP contribution < -0.4 is 20.9 Å². The monoisotopic (exact) mass is 514 g/mol. The van der Waals surface area contributed by atoms with Gasteiger partial charge in [0, 0.05) is 23.0 Å². The summed E-state index contributed by atoms with van der Waals surface area (Å²) < 4.78 is 7.50. The van der Waals surface area contributed by atoms with Crippen molar-refractivity contribution in [3.8, 4) is 11.8 Å². The lowest BCUT2D eigenvalue weighted by Crippen LogP contribution is -2.50. The van der Waals surface area contributed by atoms with E-state index in [1.807, 2.05) is 86.6 Å². The highest BCUT2D eigenvalue weighted by molar-refractivity contribution is 6.14. The molecule has 2 aliphatic heterocycles. The Kier molecular flexibility index (Phi) is 5.62. The fourth-order valence-corrected chi connectivity index (χ4v) is 5.80. The molecule has 0 aliphatic carbocycles. The van der Waals surface area contributed by atoms with E-state index in [2.05, 4.69) is 6.07 Å². The highest BCUT2D eigenvalue weighted by Crippen LogP contribution is 2.54. The first kappa shape index (κ1) is 24.3. The van der Waals surface area contributed by atoms with Crippen molar-refractivity contribution in [2.75, 3.05) is 4.90 Å². The van der Waals surface area contributed by atoms with Crippen LogP contribution in [0.2, 0.25) is 0 Å². The molecule has 7 heteroatoms. The van der Waals surface area contributed by atoms with E-state index in [-0.39, 0.29) is 29.3 Å². The van der Waals surface area contributed by atoms with Gasteiger partial charge in [0.1, 0.15) is 17.4 Å². The lowest BCUT2D eigenvalue weighted by atomic mass is 9.69. The SMILES string of the molecule is Cc1ccccc1CN1C(=O)C2(C(C#N)=C(N)Oc3cc(C)n(Cc4ccccc4)c(=O)c32)c2ccccc21. The molecule has 2 aliphatic rings. The number of carbonyl (C=O) groups excluding carboxylic acids is 1. The van der Waals surface area contributed by atoms with Gasteiger partial charge in [-0.25, -0.2) is 0 Å². The summed E-state index contributed by atoms with van der Waals surface area (Å²) in [6.07, 6.45) is 0. The van der Waals surface area contributed by atoms with E-state index >= 15 is 0 Å². The molecule has 1 amide bonds. The van der Waals surface area contributed by atoms with Crippen LogP contribution in [0.5, 0.6) is 5.75 Å². The van der Waals surface area contributed by atoms with Crippen LogP contribution in [0.25, 0.3) is 0 Å². The lowest BCUT2D eigenvalue weighted by Gasteiger charge is -2.34. The van der Waals surface area contributed by atoms with E-state index in [1.54, 1.807) is 21.6 Å². The lowest BCUT2D eigenvalue weighted by molar-refractivity contribution is -0.121. The maximum absolute atomic E-state index is 14.7. The summed E-state index contributed by atoms with van der Waals surface area (Å²) >= 11 is 0. The summed E-state index contributed by atoms with van der Waals surface area (Å²) in [5, 5.41) is 10.4. The first-order valence-electron chi connectivity index (χ1n) is 12.7. The van der Waals surface area contributed by atoms with Gasteiger partial charge >= 0.3 is 0 Å². The largest absolute Gasteiger partial charge is 0.440 e. The number of nitrogens with two attached hydrogens (primary N) is 1. The Hall–Kier alpha value is -5.09. The molecule has 1 spiro atoms. The molecule has 3 aromatic carbocycles. The number of anilines is 1. The van der Waals surface area contributed by atoms with Crippen LogP contribution in [0.3, 0.4) is 0 Å². The van der Waals surface area contributed by atoms with Crippen LogP contribution in [-0.4, -0.2) is 10.5 Å². The maximum Gasteiger partial charge on any atom is 0.259 e. The summed E-state index contributed by atoms with van der Waals surface area (Å²) in [6.45, 7) is 4.39. The molecular formula is C32H26N4O3. The summed E-state index contributed by atoms with van der Waals surface area (Å²) in [7, 11) is 0. The Balaban J connectivity index is 1.63. The number of fused-ring (bicyclic) bond motifs is 4. The molecule has 1 unspecified atom stereocenters. The van der Waals surface area contributed by atoms with Gasteiger partial charge in [0.05, 0.1) is 18.7 Å². The minimum absolute atomic E-state index is 0.0769. The number of rotatable bonds is 4. The van der Waals surface area contributed by atoms with E-state index in [1.165, 1.54) is 0 Å². The molecule has 39 heavy (non-hydrogen) atoms. The normalized spacial score (nSPS) is 17.6. The third kappa shape index (κ3) is 3.49. The molecule has 6 rings (SSSR count). The average molecular weight is 515 g/mol. The van der Waals surface area contributed by atoms with E-state index in [4.69, 9.17) is 10.5 Å². The second-order valence-electron chi connectivity index (χ2n) is 9.94. The molecule has 0 fully saturated rings. The van der Waals surface area contributed by atoms with Crippen molar-refractivity contribution in [2.24, 2.45) is 5.73 Å². The van der Waals surface area contributed by atoms with Crippen LogP contribution in [0.1, 0.15) is 33.5 Å². The van der Waals surface area contributed by atoms with Crippen LogP contribution in [0, 0.1) is 25.2 Å². The van der Waals surface area contributed by atoms with Gasteiger partial charge in [0.2, 0.25) is 11.8 Å². The molecule has 0 saturated carbocycles. The topological polar surface area (TPSA) is 101 Å². The number of ether oxygens (including phenoxy) is 1. The fraction of sp³-hybridized carbons (Fsp3) is 0.156. The van der Waals surface area contributed by atoms with Gasteiger partial charge in [-0.2, -0.15) is 5.26 Å². The number of para-hydroxylation sites is 1. The molecule has 1 aromatic heterocycles. The molecule has 1 atom stereocenters. The van der Waals surface area contributed by atoms with E-state index in [0.29, 0.717) is 23.5 Å². The van der Waals surface area contributed by atoms with E-state index in [9.17, 15) is 14.9 Å². The number of nitriles is 1. The number of benzene rings is 3. The minimum Gasteiger partial charge on any atom is -0.440 e. The van der Waals surface area contributed by atoms with Crippen molar-refractivity contribution in [3.05, 3.63) is 140 Å². The average Bonchev–Trinajstić information content (AvgIpc) is 3.16. The Morgan fingerprint density at radius 1 is 0.923 bits per heavy atom. The van der Waals surface area contributed by atoms with Crippen LogP contribution in [0.15, 0.2) is 101 Å². The third-order valence-electron chi connectivity index (χ3n) is 7.74. The zero-order valence-electron chi connectivity index (χ0n) is 21.6. The maximum atomic E-state index is 14.7. The molecular weight excluding hydrogens is 488 g/mol. The van der Waals surface area contributed by atoms with Crippen molar-refractivity contribution in [1.82, 2.24) is 4.57 Å². The standard InChI is InChI=1S/C32H26N4O3/c1-20-10-6-7-13-23(20)19-36-26-15-9-8-14-24(26)32(31(36)38)25(17-33)29(34)39-27-16-21(2)35(30(37)28(27)32)18-22-11-4-3-5-12-22/h3-16H,18-19,34H2,1-2H3. The van der Waals surface area contributed by atoms with Crippen molar-refractivity contribution in [2.45, 2.75) is 32.4 Å². The highest BCUT2D eigenvalue weighted by Gasteiger charge is 2.60. The predicted molar refractivity (Wildman–Crippen MR) is 148 cm³/mol. The number of hydrogen-bond donors (Lipinski definition) is 1. The van der Waals surface area contributed by atoms with E-state index in [0.717, 1.165) is 16.7 Å². The van der Waals surface area contributed by atoms with Crippen LogP contribution in [0.4, 0.5) is 5.69 Å².